The van der Waals surface area contributed by atoms with Crippen LogP contribution in [0, 0.1) is 0 Å². The molecule has 8 heteroatoms. The summed E-state index contributed by atoms with van der Waals surface area (Å²) >= 11 is 7.82. The van der Waals surface area contributed by atoms with E-state index in [0.717, 1.165) is 4.47 Å². The summed E-state index contributed by atoms with van der Waals surface area (Å²) in [7, 11) is 0. The molecule has 1 aromatic carbocycles. The van der Waals surface area contributed by atoms with Gasteiger partial charge >= 0.3 is 0 Å². The quantitative estimate of drug-likeness (QED) is 0.633. The van der Waals surface area contributed by atoms with E-state index in [2.05, 4.69) is 33.8 Å². The summed E-state index contributed by atoms with van der Waals surface area (Å²) in [4.78, 5) is 0.481. The minimum absolute atomic E-state index is 0.154. The van der Waals surface area contributed by atoms with Crippen molar-refractivity contribution in [1.82, 2.24) is 9.19 Å². The van der Waals surface area contributed by atoms with Gasteiger partial charge in [0.25, 0.3) is 5.76 Å². The second-order valence-corrected chi connectivity index (χ2v) is 5.75. The lowest BCUT2D eigenvalue weighted by Gasteiger charge is -2.11. The van der Waals surface area contributed by atoms with Crippen molar-refractivity contribution >= 4 is 40.5 Å². The summed E-state index contributed by atoms with van der Waals surface area (Å²) in [5.41, 5.74) is 0.668. The number of nitrogens with zero attached hydrogens (tertiary/aromatic N) is 2. The molecule has 0 saturated heterocycles. The smallest absolute Gasteiger partial charge is 0.288 e. The van der Waals surface area contributed by atoms with Gasteiger partial charge in [0.2, 0.25) is 5.88 Å². The second-order valence-electron chi connectivity index (χ2n) is 3.46. The fraction of sp³-hybridized carbons (Fsp3) is 0.182. The molecule has 0 atom stereocenters. The number of benzene rings is 1. The van der Waals surface area contributed by atoms with Crippen LogP contribution in [0.5, 0.6) is 5.88 Å². The fourth-order valence-electron chi connectivity index (χ4n) is 1.41. The second kappa shape index (κ2) is 6.62. The molecule has 0 N–H and O–H groups in total. The molecule has 102 valence electrons. The van der Waals surface area contributed by atoms with Crippen molar-refractivity contribution < 1.29 is 13.5 Å². The molecule has 19 heavy (non-hydrogen) atoms. The van der Waals surface area contributed by atoms with Crippen LogP contribution in [-0.4, -0.2) is 14.9 Å². The summed E-state index contributed by atoms with van der Waals surface area (Å²) in [5, 5.41) is 3.93. The predicted octanol–water partition coefficient (Wildman–Crippen LogP) is 4.23. The van der Waals surface area contributed by atoms with Crippen LogP contribution in [0.4, 0.5) is 8.78 Å². The van der Waals surface area contributed by atoms with Gasteiger partial charge in [0.05, 0.1) is 0 Å². The first kappa shape index (κ1) is 14.7. The molecular formula is C11H9BrF2N2OS2. The van der Waals surface area contributed by atoms with Gasteiger partial charge in [-0.15, -0.1) is 5.10 Å². The number of alkyl halides is 2. The Kier molecular flexibility index (Phi) is 5.12. The average molecular weight is 367 g/mol. The summed E-state index contributed by atoms with van der Waals surface area (Å²) < 4.78 is 32.4. The summed E-state index contributed by atoms with van der Waals surface area (Å²) in [6.07, 6.45) is 1.62. The predicted molar refractivity (Wildman–Crippen MR) is 76.9 cm³/mol. The van der Waals surface area contributed by atoms with Gasteiger partial charge in [0, 0.05) is 27.2 Å². The standard InChI is InChI=1S/C11H9BrF2N2OS2/c12-8-2-1-3-9(19-11(13)14)7(8)6-17-10-4-5-16(18)15-10/h1-5,11,18H,6H2. The van der Waals surface area contributed by atoms with E-state index in [0.29, 0.717) is 28.1 Å². The van der Waals surface area contributed by atoms with E-state index in [1.165, 1.54) is 4.09 Å². The van der Waals surface area contributed by atoms with Crippen LogP contribution < -0.4 is 4.74 Å². The fourth-order valence-corrected chi connectivity index (χ4v) is 2.83. The van der Waals surface area contributed by atoms with Crippen molar-refractivity contribution in [2.75, 3.05) is 0 Å². The molecule has 0 fully saturated rings. The Hall–Kier alpha value is -0.730. The molecule has 0 aliphatic rings. The van der Waals surface area contributed by atoms with Gasteiger partial charge in [0.15, 0.2) is 0 Å². The van der Waals surface area contributed by atoms with Crippen LogP contribution in [0.15, 0.2) is 39.8 Å². The highest BCUT2D eigenvalue weighted by Crippen LogP contribution is 2.33. The Balaban J connectivity index is 2.14. The van der Waals surface area contributed by atoms with Gasteiger partial charge in [-0.1, -0.05) is 33.8 Å². The van der Waals surface area contributed by atoms with Crippen molar-refractivity contribution in [2.45, 2.75) is 17.3 Å². The zero-order valence-corrected chi connectivity index (χ0v) is 12.8. The number of hydrogen-bond donors (Lipinski definition) is 1. The maximum Gasteiger partial charge on any atom is 0.288 e. The van der Waals surface area contributed by atoms with Crippen molar-refractivity contribution in [1.29, 1.82) is 0 Å². The van der Waals surface area contributed by atoms with Crippen LogP contribution in [0.25, 0.3) is 0 Å². The summed E-state index contributed by atoms with van der Waals surface area (Å²) in [6, 6.07) is 6.77. The molecule has 1 aromatic heterocycles. The number of hydrogen-bond acceptors (Lipinski definition) is 4. The van der Waals surface area contributed by atoms with E-state index >= 15 is 0 Å². The Bertz CT molecular complexity index is 565. The normalized spacial score (nSPS) is 11.0. The van der Waals surface area contributed by atoms with E-state index in [1.807, 2.05) is 0 Å². The van der Waals surface area contributed by atoms with Gasteiger partial charge < -0.3 is 4.74 Å². The largest absolute Gasteiger partial charge is 0.472 e. The molecule has 0 aliphatic carbocycles. The van der Waals surface area contributed by atoms with Crippen LogP contribution in [0.3, 0.4) is 0 Å². The van der Waals surface area contributed by atoms with Gasteiger partial charge in [-0.2, -0.15) is 8.78 Å². The van der Waals surface area contributed by atoms with Crippen molar-refractivity contribution in [3.05, 3.63) is 40.5 Å². The maximum absolute atomic E-state index is 12.5. The number of thioether (sulfide) groups is 1. The number of aromatic nitrogens is 2. The lowest BCUT2D eigenvalue weighted by atomic mass is 10.2. The molecule has 1 heterocycles. The van der Waals surface area contributed by atoms with E-state index in [4.69, 9.17) is 4.74 Å². The number of halogens is 3. The van der Waals surface area contributed by atoms with Crippen LogP contribution in [0.1, 0.15) is 5.56 Å². The molecule has 0 saturated carbocycles. The number of rotatable bonds is 5. The maximum atomic E-state index is 12.5. The Morgan fingerprint density at radius 3 is 2.84 bits per heavy atom. The van der Waals surface area contributed by atoms with Crippen molar-refractivity contribution in [3.8, 4) is 5.88 Å². The highest BCUT2D eigenvalue weighted by atomic mass is 79.9. The van der Waals surface area contributed by atoms with Crippen LogP contribution >= 0.6 is 40.5 Å². The Labute approximate surface area is 127 Å². The highest BCUT2D eigenvalue weighted by Gasteiger charge is 2.13. The highest BCUT2D eigenvalue weighted by molar-refractivity contribution is 9.10. The molecular weight excluding hydrogens is 358 g/mol. The van der Waals surface area contributed by atoms with E-state index in [1.54, 1.807) is 30.5 Å². The monoisotopic (exact) mass is 366 g/mol. The minimum Gasteiger partial charge on any atom is -0.472 e. The van der Waals surface area contributed by atoms with Crippen LogP contribution in [-0.2, 0) is 6.61 Å². The average Bonchev–Trinajstić information content (AvgIpc) is 2.73. The lowest BCUT2D eigenvalue weighted by molar-refractivity contribution is 0.251. The van der Waals surface area contributed by atoms with E-state index in [-0.39, 0.29) is 6.61 Å². The van der Waals surface area contributed by atoms with E-state index in [9.17, 15) is 8.78 Å². The number of thiol groups is 1. The molecule has 0 spiro atoms. The first-order chi connectivity index (χ1) is 9.06. The van der Waals surface area contributed by atoms with E-state index < -0.39 is 5.76 Å². The van der Waals surface area contributed by atoms with Gasteiger partial charge in [-0.05, 0) is 24.9 Å². The third kappa shape index (κ3) is 4.12. The van der Waals surface area contributed by atoms with Gasteiger partial charge in [-0.3, -0.25) is 0 Å². The number of ether oxygens (including phenoxy) is 1. The third-order valence-electron chi connectivity index (χ3n) is 2.21. The molecule has 2 rings (SSSR count). The molecule has 0 unspecified atom stereocenters. The first-order valence-corrected chi connectivity index (χ1v) is 7.23. The SMILES string of the molecule is FC(F)Sc1cccc(Br)c1COc1ccn(S)n1. The van der Waals surface area contributed by atoms with Crippen LogP contribution in [0.2, 0.25) is 0 Å². The molecule has 2 aromatic rings. The van der Waals surface area contributed by atoms with Crippen molar-refractivity contribution in [2.24, 2.45) is 0 Å². The zero-order valence-electron chi connectivity index (χ0n) is 9.46. The van der Waals surface area contributed by atoms with Crippen molar-refractivity contribution in [3.63, 3.8) is 0 Å². The topological polar surface area (TPSA) is 27.1 Å². The zero-order chi connectivity index (χ0) is 13.8. The molecule has 0 aliphatic heterocycles. The Morgan fingerprint density at radius 1 is 1.42 bits per heavy atom. The summed E-state index contributed by atoms with van der Waals surface area (Å²) in [5.74, 6) is -2.08. The first-order valence-electron chi connectivity index (χ1n) is 5.16. The molecule has 0 radical (unpaired) electrons. The Morgan fingerprint density at radius 2 is 2.21 bits per heavy atom. The summed E-state index contributed by atoms with van der Waals surface area (Å²) in [6.45, 7) is 0.154. The lowest BCUT2D eigenvalue weighted by Crippen LogP contribution is -2.00. The van der Waals surface area contributed by atoms with Gasteiger partial charge in [-0.25, -0.2) is 4.09 Å². The minimum atomic E-state index is -2.47. The molecule has 0 amide bonds. The molecule has 0 bridgehead atoms. The molecule has 3 nitrogen and oxygen atoms in total. The van der Waals surface area contributed by atoms with Gasteiger partial charge in [0.1, 0.15) is 6.61 Å². The third-order valence-corrected chi connectivity index (χ3v) is 3.99.